The fourth-order valence-electron chi connectivity index (χ4n) is 2.00. The van der Waals surface area contributed by atoms with Crippen LogP contribution >= 0.6 is 0 Å². The highest BCUT2D eigenvalue weighted by molar-refractivity contribution is 5.22. The summed E-state index contributed by atoms with van der Waals surface area (Å²) >= 11 is 0. The number of hydrogen-bond acceptors (Lipinski definition) is 5. The fraction of sp³-hybridized carbons (Fsp3) is 0.462. The lowest BCUT2D eigenvalue weighted by molar-refractivity contribution is 0.394. The molecule has 6 heteroatoms. The number of ether oxygens (including phenoxy) is 1. The number of hydrogen-bond donors (Lipinski definition) is 1. The molecule has 1 unspecified atom stereocenters. The van der Waals surface area contributed by atoms with Crippen LogP contribution in [0.15, 0.2) is 24.8 Å². The first kappa shape index (κ1) is 13.5. The highest BCUT2D eigenvalue weighted by Gasteiger charge is 2.19. The molecule has 0 saturated carbocycles. The summed E-state index contributed by atoms with van der Waals surface area (Å²) in [5, 5.41) is 3.40. The summed E-state index contributed by atoms with van der Waals surface area (Å²) in [7, 11) is 1.60. The third-order valence-corrected chi connectivity index (χ3v) is 2.92. The van der Waals surface area contributed by atoms with E-state index in [0.717, 1.165) is 24.6 Å². The Bertz CT molecular complexity index is 525. The number of rotatable bonds is 6. The molecule has 2 aromatic heterocycles. The van der Waals surface area contributed by atoms with Crippen molar-refractivity contribution in [2.24, 2.45) is 0 Å². The number of aromatic nitrogens is 4. The predicted octanol–water partition coefficient (Wildman–Crippen LogP) is 1.40. The van der Waals surface area contributed by atoms with E-state index in [-0.39, 0.29) is 6.04 Å². The molecule has 2 rings (SSSR count). The molecule has 102 valence electrons. The Morgan fingerprint density at radius 2 is 2.16 bits per heavy atom. The van der Waals surface area contributed by atoms with Crippen LogP contribution in [0.2, 0.25) is 0 Å². The van der Waals surface area contributed by atoms with Crippen LogP contribution in [-0.4, -0.2) is 33.2 Å². The SMILES string of the molecule is CCNC(c1cc(OC)ncn1)c1nccn1CC. The van der Waals surface area contributed by atoms with Gasteiger partial charge in [0.25, 0.3) is 0 Å². The van der Waals surface area contributed by atoms with E-state index in [1.807, 2.05) is 18.5 Å². The zero-order valence-corrected chi connectivity index (χ0v) is 11.5. The minimum atomic E-state index is -0.0585. The number of nitrogens with zero attached hydrogens (tertiary/aromatic N) is 4. The quantitative estimate of drug-likeness (QED) is 0.851. The highest BCUT2D eigenvalue weighted by Crippen LogP contribution is 2.21. The Balaban J connectivity index is 2.39. The molecule has 6 nitrogen and oxygen atoms in total. The molecule has 2 heterocycles. The summed E-state index contributed by atoms with van der Waals surface area (Å²) in [5.41, 5.74) is 0.856. The molecule has 0 spiro atoms. The average molecular weight is 261 g/mol. The molecule has 1 atom stereocenters. The fourth-order valence-corrected chi connectivity index (χ4v) is 2.00. The maximum absolute atomic E-state index is 5.15. The van der Waals surface area contributed by atoms with Crippen molar-refractivity contribution in [1.29, 1.82) is 0 Å². The van der Waals surface area contributed by atoms with Crippen LogP contribution in [-0.2, 0) is 6.54 Å². The molecule has 2 aromatic rings. The van der Waals surface area contributed by atoms with E-state index in [1.165, 1.54) is 6.33 Å². The van der Waals surface area contributed by atoms with Crippen molar-refractivity contribution in [2.45, 2.75) is 26.4 Å². The zero-order valence-electron chi connectivity index (χ0n) is 11.5. The molecular weight excluding hydrogens is 242 g/mol. The van der Waals surface area contributed by atoms with Gasteiger partial charge in [0.05, 0.1) is 12.8 Å². The van der Waals surface area contributed by atoms with Crippen LogP contribution in [0.3, 0.4) is 0 Å². The van der Waals surface area contributed by atoms with Gasteiger partial charge < -0.3 is 14.6 Å². The van der Waals surface area contributed by atoms with E-state index < -0.39 is 0 Å². The van der Waals surface area contributed by atoms with Crippen LogP contribution in [0.25, 0.3) is 0 Å². The van der Waals surface area contributed by atoms with Crippen LogP contribution in [0, 0.1) is 0 Å². The van der Waals surface area contributed by atoms with Crippen molar-refractivity contribution in [1.82, 2.24) is 24.8 Å². The summed E-state index contributed by atoms with van der Waals surface area (Å²) in [6.45, 7) is 5.85. The van der Waals surface area contributed by atoms with Gasteiger partial charge in [0.1, 0.15) is 18.2 Å². The maximum atomic E-state index is 5.15. The molecule has 19 heavy (non-hydrogen) atoms. The van der Waals surface area contributed by atoms with Crippen molar-refractivity contribution in [2.75, 3.05) is 13.7 Å². The predicted molar refractivity (Wildman–Crippen MR) is 72.0 cm³/mol. The molecule has 0 bridgehead atoms. The lowest BCUT2D eigenvalue weighted by atomic mass is 10.2. The molecule has 0 radical (unpaired) electrons. The smallest absolute Gasteiger partial charge is 0.216 e. The Hall–Kier alpha value is -1.95. The summed E-state index contributed by atoms with van der Waals surface area (Å²) in [6, 6.07) is 1.78. The molecule has 0 fully saturated rings. The Labute approximate surface area is 112 Å². The molecular formula is C13H19N5O. The van der Waals surface area contributed by atoms with Crippen LogP contribution in [0.4, 0.5) is 0 Å². The van der Waals surface area contributed by atoms with Crippen molar-refractivity contribution in [3.8, 4) is 5.88 Å². The second kappa shape index (κ2) is 6.29. The van der Waals surface area contributed by atoms with E-state index in [4.69, 9.17) is 4.74 Å². The Morgan fingerprint density at radius 1 is 1.32 bits per heavy atom. The maximum Gasteiger partial charge on any atom is 0.216 e. The van der Waals surface area contributed by atoms with Gasteiger partial charge in [-0.15, -0.1) is 0 Å². The summed E-state index contributed by atoms with van der Waals surface area (Å²) in [4.78, 5) is 12.8. The van der Waals surface area contributed by atoms with E-state index in [1.54, 1.807) is 7.11 Å². The number of methoxy groups -OCH3 is 1. The molecule has 0 saturated heterocycles. The molecule has 0 aliphatic rings. The van der Waals surface area contributed by atoms with Gasteiger partial charge in [0.15, 0.2) is 0 Å². The van der Waals surface area contributed by atoms with E-state index in [9.17, 15) is 0 Å². The molecule has 1 N–H and O–H groups in total. The first-order chi connectivity index (χ1) is 9.30. The lowest BCUT2D eigenvalue weighted by Gasteiger charge is -2.18. The number of imidazole rings is 1. The third kappa shape index (κ3) is 2.90. The number of nitrogens with one attached hydrogen (secondary N) is 1. The molecule has 0 aromatic carbocycles. The zero-order chi connectivity index (χ0) is 13.7. The van der Waals surface area contributed by atoms with Gasteiger partial charge >= 0.3 is 0 Å². The van der Waals surface area contributed by atoms with Gasteiger partial charge in [-0.25, -0.2) is 15.0 Å². The second-order valence-electron chi connectivity index (χ2n) is 4.05. The standard InChI is InChI=1S/C13H19N5O/c1-4-14-12(13-15-6-7-18(13)5-2)10-8-11(19-3)17-9-16-10/h6-9,12,14H,4-5H2,1-3H3. The van der Waals surface area contributed by atoms with E-state index >= 15 is 0 Å². The Morgan fingerprint density at radius 3 is 2.84 bits per heavy atom. The lowest BCUT2D eigenvalue weighted by Crippen LogP contribution is -2.26. The number of aryl methyl sites for hydroxylation is 1. The largest absolute Gasteiger partial charge is 0.481 e. The Kier molecular flexibility index (Phi) is 4.46. The van der Waals surface area contributed by atoms with Crippen LogP contribution in [0.1, 0.15) is 31.4 Å². The average Bonchev–Trinajstić information content (AvgIpc) is 2.93. The molecule has 0 amide bonds. The van der Waals surface area contributed by atoms with Gasteiger partial charge in [-0.3, -0.25) is 0 Å². The van der Waals surface area contributed by atoms with Crippen molar-refractivity contribution in [3.63, 3.8) is 0 Å². The van der Waals surface area contributed by atoms with Gasteiger partial charge in [0, 0.05) is 25.0 Å². The highest BCUT2D eigenvalue weighted by atomic mass is 16.5. The first-order valence-electron chi connectivity index (χ1n) is 6.40. The van der Waals surface area contributed by atoms with Crippen LogP contribution < -0.4 is 10.1 Å². The molecule has 0 aliphatic carbocycles. The minimum absolute atomic E-state index is 0.0585. The van der Waals surface area contributed by atoms with E-state index in [2.05, 4.69) is 38.7 Å². The van der Waals surface area contributed by atoms with Crippen molar-refractivity contribution >= 4 is 0 Å². The third-order valence-electron chi connectivity index (χ3n) is 2.92. The van der Waals surface area contributed by atoms with Gasteiger partial charge in [-0.1, -0.05) is 6.92 Å². The van der Waals surface area contributed by atoms with Gasteiger partial charge in [-0.05, 0) is 13.5 Å². The van der Waals surface area contributed by atoms with Crippen molar-refractivity contribution in [3.05, 3.63) is 36.3 Å². The van der Waals surface area contributed by atoms with Gasteiger partial charge in [0.2, 0.25) is 5.88 Å². The van der Waals surface area contributed by atoms with Crippen molar-refractivity contribution < 1.29 is 4.74 Å². The van der Waals surface area contributed by atoms with E-state index in [0.29, 0.717) is 5.88 Å². The normalized spacial score (nSPS) is 12.4. The molecule has 0 aliphatic heterocycles. The summed E-state index contributed by atoms with van der Waals surface area (Å²) in [5.74, 6) is 1.51. The first-order valence-corrected chi connectivity index (χ1v) is 6.40. The summed E-state index contributed by atoms with van der Waals surface area (Å²) in [6.07, 6.45) is 5.29. The van der Waals surface area contributed by atoms with Gasteiger partial charge in [-0.2, -0.15) is 0 Å². The second-order valence-corrected chi connectivity index (χ2v) is 4.05. The summed E-state index contributed by atoms with van der Waals surface area (Å²) < 4.78 is 7.25. The van der Waals surface area contributed by atoms with Crippen LogP contribution in [0.5, 0.6) is 5.88 Å². The monoisotopic (exact) mass is 261 g/mol. The topological polar surface area (TPSA) is 64.9 Å². The minimum Gasteiger partial charge on any atom is -0.481 e.